The molecule has 0 spiro atoms. The maximum Gasteiger partial charge on any atom is 0.161 e. The minimum absolute atomic E-state index is 0. The number of hydrogen-bond donors (Lipinski definition) is 1. The summed E-state index contributed by atoms with van der Waals surface area (Å²) in [5, 5.41) is 3.37. The molecule has 0 aliphatic rings. The molecule has 3 aromatic carbocycles. The number of aryl methyl sites for hydroxylation is 1. The number of rotatable bonds is 9. The fourth-order valence-electron chi connectivity index (χ4n) is 2.85. The van der Waals surface area contributed by atoms with Crippen LogP contribution in [0.3, 0.4) is 0 Å². The van der Waals surface area contributed by atoms with E-state index in [9.17, 15) is 4.39 Å². The van der Waals surface area contributed by atoms with Crippen LogP contribution < -0.4 is 14.8 Å². The molecule has 0 aliphatic heterocycles. The van der Waals surface area contributed by atoms with Gasteiger partial charge in [-0.3, -0.25) is 0 Å². The van der Waals surface area contributed by atoms with Crippen LogP contribution in [0.2, 0.25) is 0 Å². The summed E-state index contributed by atoms with van der Waals surface area (Å²) in [6.07, 6.45) is 0. The Bertz CT molecular complexity index is 882. The van der Waals surface area contributed by atoms with Crippen LogP contribution in [0.5, 0.6) is 11.5 Å². The SMILES string of the molecule is CCOc1cc(CNCc2ccc(F)cc2)ccc1OCc1ccc(C)cc1.Cl. The van der Waals surface area contributed by atoms with Gasteiger partial charge in [-0.25, -0.2) is 4.39 Å². The largest absolute Gasteiger partial charge is 0.490 e. The molecule has 0 fully saturated rings. The minimum Gasteiger partial charge on any atom is -0.490 e. The van der Waals surface area contributed by atoms with Gasteiger partial charge in [0.05, 0.1) is 6.61 Å². The highest BCUT2D eigenvalue weighted by molar-refractivity contribution is 5.85. The van der Waals surface area contributed by atoms with Crippen LogP contribution in [0.25, 0.3) is 0 Å². The van der Waals surface area contributed by atoms with Crippen molar-refractivity contribution in [3.05, 3.63) is 94.8 Å². The van der Waals surface area contributed by atoms with Crippen molar-refractivity contribution in [1.29, 1.82) is 0 Å². The molecule has 5 heteroatoms. The Hall–Kier alpha value is -2.56. The summed E-state index contributed by atoms with van der Waals surface area (Å²) in [6.45, 7) is 6.48. The summed E-state index contributed by atoms with van der Waals surface area (Å²) in [7, 11) is 0. The molecule has 0 bridgehead atoms. The lowest BCUT2D eigenvalue weighted by molar-refractivity contribution is 0.269. The Morgan fingerprint density at radius 1 is 0.759 bits per heavy atom. The van der Waals surface area contributed by atoms with Crippen molar-refractivity contribution in [3.63, 3.8) is 0 Å². The lowest BCUT2D eigenvalue weighted by Crippen LogP contribution is -2.13. The van der Waals surface area contributed by atoms with Crippen LogP contribution in [0.4, 0.5) is 4.39 Å². The van der Waals surface area contributed by atoms with Gasteiger partial charge in [-0.1, -0.05) is 48.0 Å². The van der Waals surface area contributed by atoms with Crippen molar-refractivity contribution in [3.8, 4) is 11.5 Å². The molecule has 3 rings (SSSR count). The van der Waals surface area contributed by atoms with Gasteiger partial charge in [-0.2, -0.15) is 0 Å². The molecule has 0 saturated carbocycles. The van der Waals surface area contributed by atoms with Gasteiger partial charge in [0.25, 0.3) is 0 Å². The first-order valence-corrected chi connectivity index (χ1v) is 9.53. The quantitative estimate of drug-likeness (QED) is 0.477. The Kier molecular flexibility index (Phi) is 8.97. The topological polar surface area (TPSA) is 30.5 Å². The average molecular weight is 416 g/mol. The Morgan fingerprint density at radius 2 is 1.38 bits per heavy atom. The molecule has 0 atom stereocenters. The second kappa shape index (κ2) is 11.4. The monoisotopic (exact) mass is 415 g/mol. The highest BCUT2D eigenvalue weighted by atomic mass is 35.5. The van der Waals surface area contributed by atoms with Crippen LogP contribution in [-0.4, -0.2) is 6.61 Å². The summed E-state index contributed by atoms with van der Waals surface area (Å²) in [5.41, 5.74) is 4.51. The van der Waals surface area contributed by atoms with Crippen molar-refractivity contribution in [1.82, 2.24) is 5.32 Å². The molecule has 3 nitrogen and oxygen atoms in total. The molecular weight excluding hydrogens is 389 g/mol. The summed E-state index contributed by atoms with van der Waals surface area (Å²) in [4.78, 5) is 0. The molecule has 0 aromatic heterocycles. The van der Waals surface area contributed by atoms with E-state index in [1.54, 1.807) is 12.1 Å². The summed E-state index contributed by atoms with van der Waals surface area (Å²) < 4.78 is 24.7. The first-order chi connectivity index (χ1) is 13.6. The third-order valence-corrected chi connectivity index (χ3v) is 4.39. The van der Waals surface area contributed by atoms with Crippen LogP contribution >= 0.6 is 12.4 Å². The van der Waals surface area contributed by atoms with Gasteiger partial charge < -0.3 is 14.8 Å². The van der Waals surface area contributed by atoms with E-state index in [1.807, 2.05) is 25.1 Å². The first kappa shape index (κ1) is 22.7. The molecule has 0 saturated heterocycles. The standard InChI is InChI=1S/C24H26FNO2.ClH/c1-3-27-24-14-21(16-26-15-19-8-11-22(25)12-9-19)10-13-23(24)28-17-20-6-4-18(2)5-7-20;/h4-14,26H,3,15-17H2,1-2H3;1H. The number of hydrogen-bond acceptors (Lipinski definition) is 3. The molecule has 0 heterocycles. The van der Waals surface area contributed by atoms with E-state index in [0.29, 0.717) is 26.3 Å². The van der Waals surface area contributed by atoms with Crippen LogP contribution in [0, 0.1) is 12.7 Å². The van der Waals surface area contributed by atoms with E-state index in [0.717, 1.165) is 28.2 Å². The van der Waals surface area contributed by atoms with E-state index in [-0.39, 0.29) is 18.2 Å². The number of halogens is 2. The lowest BCUT2D eigenvalue weighted by Gasteiger charge is -2.14. The fourth-order valence-corrected chi connectivity index (χ4v) is 2.85. The van der Waals surface area contributed by atoms with Crippen molar-refractivity contribution in [2.24, 2.45) is 0 Å². The Morgan fingerprint density at radius 3 is 2.07 bits per heavy atom. The normalized spacial score (nSPS) is 10.3. The lowest BCUT2D eigenvalue weighted by atomic mass is 10.1. The predicted octanol–water partition coefficient (Wildman–Crippen LogP) is 5.82. The molecule has 0 amide bonds. The number of benzene rings is 3. The molecule has 1 N–H and O–H groups in total. The fraction of sp³-hybridized carbons (Fsp3) is 0.250. The third kappa shape index (κ3) is 7.08. The highest BCUT2D eigenvalue weighted by Gasteiger charge is 2.07. The minimum atomic E-state index is -0.216. The van der Waals surface area contributed by atoms with Crippen molar-refractivity contribution < 1.29 is 13.9 Å². The van der Waals surface area contributed by atoms with Crippen LogP contribution in [-0.2, 0) is 19.7 Å². The molecule has 3 aromatic rings. The summed E-state index contributed by atoms with van der Waals surface area (Å²) in [6, 6.07) is 20.8. The van der Waals surface area contributed by atoms with E-state index >= 15 is 0 Å². The van der Waals surface area contributed by atoms with E-state index in [4.69, 9.17) is 9.47 Å². The average Bonchev–Trinajstić information content (AvgIpc) is 2.70. The van der Waals surface area contributed by atoms with Gasteiger partial charge in [0.1, 0.15) is 12.4 Å². The Labute approximate surface area is 178 Å². The zero-order valence-corrected chi connectivity index (χ0v) is 17.6. The predicted molar refractivity (Wildman–Crippen MR) is 117 cm³/mol. The van der Waals surface area contributed by atoms with Gasteiger partial charge in [0, 0.05) is 13.1 Å². The molecule has 29 heavy (non-hydrogen) atoms. The zero-order valence-electron chi connectivity index (χ0n) is 16.8. The maximum absolute atomic E-state index is 13.0. The zero-order chi connectivity index (χ0) is 19.8. The van der Waals surface area contributed by atoms with Gasteiger partial charge in [0.15, 0.2) is 11.5 Å². The molecule has 154 valence electrons. The van der Waals surface area contributed by atoms with E-state index in [2.05, 4.69) is 36.5 Å². The van der Waals surface area contributed by atoms with E-state index in [1.165, 1.54) is 17.7 Å². The Balaban J connectivity index is 0.00000300. The smallest absolute Gasteiger partial charge is 0.161 e. The third-order valence-electron chi connectivity index (χ3n) is 4.39. The number of nitrogens with one attached hydrogen (secondary N) is 1. The van der Waals surface area contributed by atoms with Crippen molar-refractivity contribution in [2.75, 3.05) is 6.61 Å². The molecule has 0 aliphatic carbocycles. The van der Waals surface area contributed by atoms with E-state index < -0.39 is 0 Å². The second-order valence-corrected chi connectivity index (χ2v) is 6.72. The van der Waals surface area contributed by atoms with Crippen molar-refractivity contribution in [2.45, 2.75) is 33.5 Å². The molecule has 0 unspecified atom stereocenters. The van der Waals surface area contributed by atoms with Gasteiger partial charge in [0.2, 0.25) is 0 Å². The molecule has 0 radical (unpaired) electrons. The van der Waals surface area contributed by atoms with Crippen LogP contribution in [0.1, 0.15) is 29.2 Å². The summed E-state index contributed by atoms with van der Waals surface area (Å²) in [5.74, 6) is 1.27. The van der Waals surface area contributed by atoms with Crippen LogP contribution in [0.15, 0.2) is 66.7 Å². The molecular formula is C24H27ClFNO2. The highest BCUT2D eigenvalue weighted by Crippen LogP contribution is 2.29. The maximum atomic E-state index is 13.0. The first-order valence-electron chi connectivity index (χ1n) is 9.53. The second-order valence-electron chi connectivity index (χ2n) is 6.72. The van der Waals surface area contributed by atoms with Gasteiger partial charge in [-0.15, -0.1) is 12.4 Å². The van der Waals surface area contributed by atoms with Gasteiger partial charge >= 0.3 is 0 Å². The van der Waals surface area contributed by atoms with Crippen molar-refractivity contribution >= 4 is 12.4 Å². The number of ether oxygens (including phenoxy) is 2. The summed E-state index contributed by atoms with van der Waals surface area (Å²) >= 11 is 0. The van der Waals surface area contributed by atoms with Gasteiger partial charge in [-0.05, 0) is 54.8 Å².